The quantitative estimate of drug-likeness (QED) is 0.222. The predicted molar refractivity (Wildman–Crippen MR) is 126 cm³/mol. The summed E-state index contributed by atoms with van der Waals surface area (Å²) in [5, 5.41) is 0. The van der Waals surface area contributed by atoms with E-state index < -0.39 is 11.7 Å². The summed E-state index contributed by atoms with van der Waals surface area (Å²) in [5.41, 5.74) is 1.39. The Morgan fingerprint density at radius 1 is 0.935 bits per heavy atom. The number of unbranched alkanes of at least 4 members (excludes halogenated alkanes) is 6. The van der Waals surface area contributed by atoms with E-state index in [0.717, 1.165) is 36.5 Å². The van der Waals surface area contributed by atoms with Gasteiger partial charge in [0.1, 0.15) is 5.75 Å². The van der Waals surface area contributed by atoms with E-state index in [1.165, 1.54) is 37.8 Å². The molecule has 0 unspecified atom stereocenters. The predicted octanol–water partition coefficient (Wildman–Crippen LogP) is 9.32. The van der Waals surface area contributed by atoms with Crippen LogP contribution in [0.2, 0.25) is 0 Å². The molecule has 0 atom stereocenters. The van der Waals surface area contributed by atoms with Crippen LogP contribution in [0.4, 0.5) is 13.2 Å². The lowest BCUT2D eigenvalue weighted by molar-refractivity contribution is -0.137. The molecular weight excluding hydrogens is 397 g/mol. The van der Waals surface area contributed by atoms with Crippen molar-refractivity contribution < 1.29 is 17.9 Å². The fourth-order valence-electron chi connectivity index (χ4n) is 3.05. The summed E-state index contributed by atoms with van der Waals surface area (Å²) in [6, 6.07) is 4.13. The molecule has 1 rings (SSSR count). The summed E-state index contributed by atoms with van der Waals surface area (Å²) in [6.07, 6.45) is 14.4. The molecule has 0 spiro atoms. The lowest BCUT2D eigenvalue weighted by atomic mass is 10.0. The van der Waals surface area contributed by atoms with Crippen molar-refractivity contribution in [3.05, 3.63) is 70.9 Å². The van der Waals surface area contributed by atoms with Crippen molar-refractivity contribution in [3.63, 3.8) is 0 Å². The van der Waals surface area contributed by atoms with Gasteiger partial charge in [-0.3, -0.25) is 0 Å². The van der Waals surface area contributed by atoms with Crippen LogP contribution in [0.5, 0.6) is 5.75 Å². The highest BCUT2D eigenvalue weighted by Crippen LogP contribution is 2.37. The first-order chi connectivity index (χ1) is 14.8. The number of hydrogen-bond donors (Lipinski definition) is 0. The second kappa shape index (κ2) is 14.7. The van der Waals surface area contributed by atoms with E-state index >= 15 is 0 Å². The number of halogens is 3. The first-order valence-electron chi connectivity index (χ1n) is 11.3. The van der Waals surface area contributed by atoms with Crippen LogP contribution in [0.1, 0.15) is 83.8 Å². The molecule has 31 heavy (non-hydrogen) atoms. The number of hydrogen-bond acceptors (Lipinski definition) is 1. The summed E-state index contributed by atoms with van der Waals surface area (Å²) < 4.78 is 46.4. The van der Waals surface area contributed by atoms with E-state index in [1.807, 2.05) is 45.1 Å². The summed E-state index contributed by atoms with van der Waals surface area (Å²) >= 11 is 0. The highest BCUT2D eigenvalue weighted by molar-refractivity contribution is 5.64. The third-order valence-electron chi connectivity index (χ3n) is 5.06. The first kappa shape index (κ1) is 26.8. The van der Waals surface area contributed by atoms with Crippen molar-refractivity contribution in [3.8, 4) is 5.75 Å². The SMILES string of the molecule is C\C=C(C)/C=C/C=C(C)\C=C\c1c(OCCCCCCCCC)cccc1C(F)(F)F. The van der Waals surface area contributed by atoms with E-state index in [-0.39, 0.29) is 11.3 Å². The zero-order valence-corrected chi connectivity index (χ0v) is 19.4. The summed E-state index contributed by atoms with van der Waals surface area (Å²) in [7, 11) is 0. The molecule has 1 aromatic carbocycles. The number of allylic oxidation sites excluding steroid dienone is 7. The molecule has 0 saturated heterocycles. The van der Waals surface area contributed by atoms with Gasteiger partial charge in [0.15, 0.2) is 0 Å². The van der Waals surface area contributed by atoms with Crippen LogP contribution in [-0.4, -0.2) is 6.61 Å². The molecule has 0 heterocycles. The van der Waals surface area contributed by atoms with Gasteiger partial charge < -0.3 is 4.74 Å². The molecule has 0 aliphatic heterocycles. The lowest BCUT2D eigenvalue weighted by Crippen LogP contribution is -2.09. The normalized spacial score (nSPS) is 13.5. The smallest absolute Gasteiger partial charge is 0.417 e. The molecular formula is C27H37F3O. The Morgan fingerprint density at radius 2 is 1.61 bits per heavy atom. The van der Waals surface area contributed by atoms with Gasteiger partial charge in [-0.25, -0.2) is 0 Å². The highest BCUT2D eigenvalue weighted by atomic mass is 19.4. The van der Waals surface area contributed by atoms with Crippen molar-refractivity contribution in [2.24, 2.45) is 0 Å². The molecule has 172 valence electrons. The molecule has 0 fully saturated rings. The number of rotatable bonds is 13. The zero-order valence-electron chi connectivity index (χ0n) is 19.4. The molecule has 0 aromatic heterocycles. The monoisotopic (exact) mass is 434 g/mol. The average molecular weight is 435 g/mol. The van der Waals surface area contributed by atoms with Crippen molar-refractivity contribution in [2.45, 2.75) is 78.8 Å². The second-order valence-corrected chi connectivity index (χ2v) is 7.82. The van der Waals surface area contributed by atoms with Crippen LogP contribution in [0.15, 0.2) is 59.7 Å². The maximum atomic E-state index is 13.6. The van der Waals surface area contributed by atoms with Gasteiger partial charge in [0, 0.05) is 5.56 Å². The number of ether oxygens (including phenoxy) is 1. The van der Waals surface area contributed by atoms with Crippen LogP contribution in [0.3, 0.4) is 0 Å². The Morgan fingerprint density at radius 3 is 2.26 bits per heavy atom. The number of benzene rings is 1. The zero-order chi connectivity index (χ0) is 23.1. The number of alkyl halides is 3. The Kier molecular flexibility index (Phi) is 12.7. The highest BCUT2D eigenvalue weighted by Gasteiger charge is 2.33. The van der Waals surface area contributed by atoms with Gasteiger partial charge in [-0.05, 0) is 39.3 Å². The van der Waals surface area contributed by atoms with Gasteiger partial charge in [-0.15, -0.1) is 0 Å². The Balaban J connectivity index is 2.86. The molecule has 0 aliphatic carbocycles. The molecule has 0 saturated carbocycles. The molecule has 1 aromatic rings. The van der Waals surface area contributed by atoms with Gasteiger partial charge in [0.25, 0.3) is 0 Å². The fourth-order valence-corrected chi connectivity index (χ4v) is 3.05. The molecule has 0 bridgehead atoms. The molecule has 0 amide bonds. The van der Waals surface area contributed by atoms with Crippen LogP contribution in [-0.2, 0) is 6.18 Å². The minimum atomic E-state index is -4.43. The summed E-state index contributed by atoms with van der Waals surface area (Å²) in [5.74, 6) is 0.283. The third kappa shape index (κ3) is 11.1. The van der Waals surface area contributed by atoms with Gasteiger partial charge in [-0.2, -0.15) is 13.2 Å². The minimum Gasteiger partial charge on any atom is -0.493 e. The van der Waals surface area contributed by atoms with Crippen LogP contribution < -0.4 is 4.74 Å². The topological polar surface area (TPSA) is 9.23 Å². The lowest BCUT2D eigenvalue weighted by Gasteiger charge is -2.15. The Hall–Kier alpha value is -2.23. The van der Waals surface area contributed by atoms with E-state index in [9.17, 15) is 13.2 Å². The van der Waals surface area contributed by atoms with Crippen molar-refractivity contribution in [1.29, 1.82) is 0 Å². The van der Waals surface area contributed by atoms with E-state index in [4.69, 9.17) is 4.74 Å². The maximum Gasteiger partial charge on any atom is 0.417 e. The van der Waals surface area contributed by atoms with Gasteiger partial charge in [0.2, 0.25) is 0 Å². The van der Waals surface area contributed by atoms with E-state index in [0.29, 0.717) is 6.61 Å². The van der Waals surface area contributed by atoms with E-state index in [1.54, 1.807) is 12.1 Å². The molecule has 0 N–H and O–H groups in total. The standard InChI is InChI=1S/C27H37F3O/c1-5-7-8-9-10-11-12-21-31-26-18-14-17-25(27(28,29)30)24(26)20-19-23(4)16-13-15-22(3)6-2/h6,13-20H,5,7-12,21H2,1-4H3/b15-13+,20-19+,22-6-,23-16-. The van der Waals surface area contributed by atoms with E-state index in [2.05, 4.69) is 6.92 Å². The molecule has 1 nitrogen and oxygen atoms in total. The van der Waals surface area contributed by atoms with Gasteiger partial charge in [0.05, 0.1) is 12.2 Å². The molecule has 4 heteroatoms. The largest absolute Gasteiger partial charge is 0.493 e. The minimum absolute atomic E-state index is 0.0827. The van der Waals surface area contributed by atoms with Crippen LogP contribution in [0, 0.1) is 0 Å². The third-order valence-corrected chi connectivity index (χ3v) is 5.06. The summed E-state index contributed by atoms with van der Waals surface area (Å²) in [6.45, 7) is 8.42. The Bertz CT molecular complexity index is 767. The Labute approximate surface area is 186 Å². The fraction of sp³-hybridized carbons (Fsp3) is 0.481. The van der Waals surface area contributed by atoms with Crippen LogP contribution in [0.25, 0.3) is 6.08 Å². The van der Waals surface area contributed by atoms with Crippen molar-refractivity contribution >= 4 is 6.08 Å². The van der Waals surface area contributed by atoms with Crippen molar-refractivity contribution in [2.75, 3.05) is 6.61 Å². The summed E-state index contributed by atoms with van der Waals surface area (Å²) in [4.78, 5) is 0. The average Bonchev–Trinajstić information content (AvgIpc) is 2.73. The molecule has 0 aliphatic rings. The second-order valence-electron chi connectivity index (χ2n) is 7.82. The van der Waals surface area contributed by atoms with Gasteiger partial charge in [-0.1, -0.05) is 99.1 Å². The first-order valence-corrected chi connectivity index (χ1v) is 11.3. The molecule has 0 radical (unpaired) electrons. The van der Waals surface area contributed by atoms with Crippen LogP contribution >= 0.6 is 0 Å². The van der Waals surface area contributed by atoms with Gasteiger partial charge >= 0.3 is 6.18 Å². The maximum absolute atomic E-state index is 13.6. The van der Waals surface area contributed by atoms with Crippen molar-refractivity contribution in [1.82, 2.24) is 0 Å².